The van der Waals surface area contributed by atoms with E-state index >= 15 is 0 Å². The summed E-state index contributed by atoms with van der Waals surface area (Å²) in [6, 6.07) is -1.50. The summed E-state index contributed by atoms with van der Waals surface area (Å²) >= 11 is 0. The molecule has 0 saturated carbocycles. The number of rotatable bonds is 5. The molecule has 0 aliphatic carbocycles. The summed E-state index contributed by atoms with van der Waals surface area (Å²) in [5.41, 5.74) is 11.3. The van der Waals surface area contributed by atoms with Gasteiger partial charge in [-0.2, -0.15) is 4.99 Å². The van der Waals surface area contributed by atoms with Crippen LogP contribution in [0.25, 0.3) is 0 Å². The molecule has 0 aromatic rings. The fourth-order valence-corrected chi connectivity index (χ4v) is 1.21. The van der Waals surface area contributed by atoms with E-state index in [2.05, 4.69) is 9.98 Å². The van der Waals surface area contributed by atoms with Crippen LogP contribution in [-0.2, 0) is 9.59 Å². The molecule has 16 heavy (non-hydrogen) atoms. The molecule has 1 aliphatic rings. The van der Waals surface area contributed by atoms with Crippen molar-refractivity contribution in [2.75, 3.05) is 0 Å². The van der Waals surface area contributed by atoms with E-state index in [1.165, 1.54) is 0 Å². The van der Waals surface area contributed by atoms with Crippen LogP contribution < -0.4 is 11.5 Å². The van der Waals surface area contributed by atoms with Crippen molar-refractivity contribution in [3.63, 3.8) is 0 Å². The molecule has 7 heteroatoms. The average Bonchev–Trinajstić information content (AvgIpc) is 2.55. The van der Waals surface area contributed by atoms with Gasteiger partial charge in [0.15, 0.2) is 0 Å². The van der Waals surface area contributed by atoms with Crippen LogP contribution in [0.5, 0.6) is 0 Å². The molecule has 7 nitrogen and oxygen atoms in total. The molecule has 5 N–H and O–H groups in total. The first-order valence-electron chi connectivity index (χ1n) is 4.84. The number of carboxylic acid groups (broad SMARTS) is 1. The number of carbonyl (C=O) groups is 2. The van der Waals surface area contributed by atoms with Gasteiger partial charge >= 0.3 is 5.97 Å². The molecule has 1 amide bonds. The van der Waals surface area contributed by atoms with E-state index in [9.17, 15) is 9.59 Å². The van der Waals surface area contributed by atoms with E-state index in [4.69, 9.17) is 16.6 Å². The number of amidine groups is 1. The topological polar surface area (TPSA) is 131 Å². The van der Waals surface area contributed by atoms with Crippen LogP contribution in [-0.4, -0.2) is 40.6 Å². The van der Waals surface area contributed by atoms with Gasteiger partial charge in [-0.1, -0.05) is 0 Å². The van der Waals surface area contributed by atoms with Crippen LogP contribution in [0.2, 0.25) is 0 Å². The number of hydrogen-bond acceptors (Lipinski definition) is 5. The molecule has 0 fully saturated rings. The fourth-order valence-electron chi connectivity index (χ4n) is 1.21. The van der Waals surface area contributed by atoms with Gasteiger partial charge in [-0.3, -0.25) is 9.59 Å². The molecule has 1 rings (SSSR count). The minimum absolute atomic E-state index is 0.221. The predicted octanol–water partition coefficient (Wildman–Crippen LogP) is -1.09. The lowest BCUT2D eigenvalue weighted by Crippen LogP contribution is -2.35. The molecule has 1 unspecified atom stereocenters. The van der Waals surface area contributed by atoms with Gasteiger partial charge in [0.25, 0.3) is 5.91 Å². The van der Waals surface area contributed by atoms with Crippen molar-refractivity contribution < 1.29 is 14.7 Å². The Bertz CT molecular complexity index is 375. The fraction of sp³-hybridized carbons (Fsp3) is 0.556. The van der Waals surface area contributed by atoms with E-state index in [0.717, 1.165) is 0 Å². The van der Waals surface area contributed by atoms with Crippen molar-refractivity contribution in [2.45, 2.75) is 31.8 Å². The molecule has 0 radical (unpaired) electrons. The molecule has 2 atom stereocenters. The zero-order valence-electron chi connectivity index (χ0n) is 8.88. The Kier molecular flexibility index (Phi) is 3.86. The standard InChI is InChI=1S/C9H14N4O3/c1-4-8(14)13-7(12-4)5(10)2-3-6(11)9(15)16/h5-6H,2-3,10-11H2,1H3,(H,15,16)/t5?,6-/m0/s1. The van der Waals surface area contributed by atoms with E-state index < -0.39 is 24.0 Å². The summed E-state index contributed by atoms with van der Waals surface area (Å²) in [5.74, 6) is -1.22. The lowest BCUT2D eigenvalue weighted by Gasteiger charge is -2.10. The molecular formula is C9H14N4O3. The zero-order chi connectivity index (χ0) is 12.3. The second-order valence-corrected chi connectivity index (χ2v) is 3.60. The summed E-state index contributed by atoms with van der Waals surface area (Å²) in [5, 5.41) is 8.57. The Balaban J connectivity index is 2.49. The first kappa shape index (κ1) is 12.5. The zero-order valence-corrected chi connectivity index (χ0v) is 8.88. The number of amides is 1. The van der Waals surface area contributed by atoms with Crippen molar-refractivity contribution in [3.8, 4) is 0 Å². The van der Waals surface area contributed by atoms with E-state index in [-0.39, 0.29) is 12.3 Å². The Morgan fingerprint density at radius 3 is 2.44 bits per heavy atom. The molecule has 1 aliphatic heterocycles. The summed E-state index contributed by atoms with van der Waals surface area (Å²) in [7, 11) is 0. The third-order valence-corrected chi connectivity index (χ3v) is 2.25. The first-order valence-corrected chi connectivity index (χ1v) is 4.84. The molecular weight excluding hydrogens is 212 g/mol. The van der Waals surface area contributed by atoms with Crippen LogP contribution in [0.4, 0.5) is 0 Å². The third kappa shape index (κ3) is 2.94. The van der Waals surface area contributed by atoms with Gasteiger partial charge in [0.05, 0.1) is 6.04 Å². The Morgan fingerprint density at radius 1 is 1.38 bits per heavy atom. The molecule has 1 heterocycles. The first-order chi connectivity index (χ1) is 7.41. The van der Waals surface area contributed by atoms with Crippen molar-refractivity contribution in [1.82, 2.24) is 0 Å². The molecule has 88 valence electrons. The minimum atomic E-state index is -1.07. The Labute approximate surface area is 92.2 Å². The van der Waals surface area contributed by atoms with Crippen LogP contribution >= 0.6 is 0 Å². The maximum atomic E-state index is 11.0. The van der Waals surface area contributed by atoms with Crippen LogP contribution in [0, 0.1) is 0 Å². The number of nitrogens with two attached hydrogens (primary N) is 2. The number of aliphatic imine (C=N–C) groups is 2. The SMILES string of the molecule is CC1=NC(C(N)CC[C@H](N)C(=O)O)=NC1=O. The lowest BCUT2D eigenvalue weighted by molar-refractivity contribution is -0.138. The van der Waals surface area contributed by atoms with Crippen molar-refractivity contribution >= 4 is 23.4 Å². The van der Waals surface area contributed by atoms with Crippen molar-refractivity contribution in [3.05, 3.63) is 0 Å². The average molecular weight is 226 g/mol. The summed E-state index contributed by atoms with van der Waals surface area (Å²) in [6.45, 7) is 1.55. The molecule has 0 aromatic carbocycles. The van der Waals surface area contributed by atoms with Gasteiger partial charge < -0.3 is 16.6 Å². The van der Waals surface area contributed by atoms with Gasteiger partial charge in [0.1, 0.15) is 17.6 Å². The van der Waals surface area contributed by atoms with Crippen LogP contribution in [0.1, 0.15) is 19.8 Å². The molecule has 0 aromatic heterocycles. The summed E-state index contributed by atoms with van der Waals surface area (Å²) < 4.78 is 0. The number of carbonyl (C=O) groups excluding carboxylic acids is 1. The van der Waals surface area contributed by atoms with E-state index in [1.807, 2.05) is 0 Å². The Hall–Kier alpha value is -1.60. The quantitative estimate of drug-likeness (QED) is 0.547. The van der Waals surface area contributed by atoms with E-state index in [0.29, 0.717) is 12.1 Å². The van der Waals surface area contributed by atoms with Crippen LogP contribution in [0.3, 0.4) is 0 Å². The smallest absolute Gasteiger partial charge is 0.320 e. The van der Waals surface area contributed by atoms with Gasteiger partial charge in [-0.25, -0.2) is 4.99 Å². The predicted molar refractivity (Wildman–Crippen MR) is 58.4 cm³/mol. The lowest BCUT2D eigenvalue weighted by atomic mass is 10.1. The summed E-state index contributed by atoms with van der Waals surface area (Å²) in [6.07, 6.45) is 0.550. The van der Waals surface area contributed by atoms with Crippen molar-refractivity contribution in [1.29, 1.82) is 0 Å². The third-order valence-electron chi connectivity index (χ3n) is 2.25. The Morgan fingerprint density at radius 2 is 2.00 bits per heavy atom. The molecule has 0 bridgehead atoms. The number of nitrogens with zero attached hydrogens (tertiary/aromatic N) is 2. The van der Waals surface area contributed by atoms with Gasteiger partial charge in [0.2, 0.25) is 0 Å². The maximum Gasteiger partial charge on any atom is 0.320 e. The maximum absolute atomic E-state index is 11.0. The van der Waals surface area contributed by atoms with E-state index in [1.54, 1.807) is 6.92 Å². The highest BCUT2D eigenvalue weighted by molar-refractivity contribution is 6.45. The van der Waals surface area contributed by atoms with Gasteiger partial charge in [-0.15, -0.1) is 0 Å². The molecule has 0 saturated heterocycles. The molecule has 0 spiro atoms. The highest BCUT2D eigenvalue weighted by Gasteiger charge is 2.22. The van der Waals surface area contributed by atoms with Crippen molar-refractivity contribution in [2.24, 2.45) is 21.5 Å². The van der Waals surface area contributed by atoms with Gasteiger partial charge in [-0.05, 0) is 19.8 Å². The monoisotopic (exact) mass is 226 g/mol. The van der Waals surface area contributed by atoms with Crippen LogP contribution in [0.15, 0.2) is 9.98 Å². The highest BCUT2D eigenvalue weighted by Crippen LogP contribution is 2.06. The highest BCUT2D eigenvalue weighted by atomic mass is 16.4. The minimum Gasteiger partial charge on any atom is -0.480 e. The largest absolute Gasteiger partial charge is 0.480 e. The number of aliphatic carboxylic acids is 1. The summed E-state index contributed by atoms with van der Waals surface area (Å²) in [4.78, 5) is 29.1. The second kappa shape index (κ2) is 4.95. The number of carboxylic acids is 1. The van der Waals surface area contributed by atoms with Gasteiger partial charge in [0, 0.05) is 0 Å². The second-order valence-electron chi connectivity index (χ2n) is 3.60. The normalized spacial score (nSPS) is 19.1. The number of hydrogen-bond donors (Lipinski definition) is 3.